The van der Waals surface area contributed by atoms with Crippen molar-refractivity contribution in [3.8, 4) is 0 Å². The van der Waals surface area contributed by atoms with Crippen molar-refractivity contribution in [2.24, 2.45) is 5.92 Å². The molecule has 0 aromatic rings. The summed E-state index contributed by atoms with van der Waals surface area (Å²) < 4.78 is 0. The van der Waals surface area contributed by atoms with E-state index in [-0.39, 0.29) is 6.42 Å². The van der Waals surface area contributed by atoms with Crippen molar-refractivity contribution in [1.29, 1.82) is 0 Å². The molecule has 0 aliphatic heterocycles. The summed E-state index contributed by atoms with van der Waals surface area (Å²) in [5.74, 6) is -0.146. The third-order valence-corrected chi connectivity index (χ3v) is 2.54. The largest absolute Gasteiger partial charge is 0.481 e. The molecule has 1 aliphatic carbocycles. The highest BCUT2D eigenvalue weighted by Gasteiger charge is 2.24. The standard InChI is InChI=1S/C10H19NO3/c1-2-11(6-8-3-4-8)7-9(12)5-10(13)14/h8-9,12H,2-7H2,1H3,(H,13,14). The van der Waals surface area contributed by atoms with Crippen molar-refractivity contribution in [3.05, 3.63) is 0 Å². The van der Waals surface area contributed by atoms with Gasteiger partial charge in [0.25, 0.3) is 0 Å². The first-order valence-corrected chi connectivity index (χ1v) is 5.24. The summed E-state index contributed by atoms with van der Waals surface area (Å²) >= 11 is 0. The van der Waals surface area contributed by atoms with Gasteiger partial charge in [0.05, 0.1) is 12.5 Å². The van der Waals surface area contributed by atoms with Gasteiger partial charge in [-0.25, -0.2) is 0 Å². The number of hydrogen-bond acceptors (Lipinski definition) is 3. The summed E-state index contributed by atoms with van der Waals surface area (Å²) in [5.41, 5.74) is 0. The Kier molecular flexibility index (Phi) is 4.35. The second-order valence-corrected chi connectivity index (χ2v) is 4.05. The highest BCUT2D eigenvalue weighted by Crippen LogP contribution is 2.29. The lowest BCUT2D eigenvalue weighted by molar-refractivity contribution is -0.139. The fraction of sp³-hybridized carbons (Fsp3) is 0.900. The molecule has 0 heterocycles. The molecule has 4 nitrogen and oxygen atoms in total. The minimum Gasteiger partial charge on any atom is -0.481 e. The predicted molar refractivity (Wildman–Crippen MR) is 53.1 cm³/mol. The summed E-state index contributed by atoms with van der Waals surface area (Å²) in [6.07, 6.45) is 1.68. The number of carboxylic acids is 1. The number of carbonyl (C=O) groups is 1. The van der Waals surface area contributed by atoms with Gasteiger partial charge in [-0.05, 0) is 25.3 Å². The van der Waals surface area contributed by atoms with Crippen molar-refractivity contribution in [2.45, 2.75) is 32.3 Å². The predicted octanol–water partition coefficient (Wildman–Crippen LogP) is 0.554. The van der Waals surface area contributed by atoms with Crippen LogP contribution >= 0.6 is 0 Å². The maximum atomic E-state index is 10.3. The summed E-state index contributed by atoms with van der Waals surface area (Å²) in [7, 11) is 0. The van der Waals surface area contributed by atoms with Crippen LogP contribution in [0.25, 0.3) is 0 Å². The second kappa shape index (κ2) is 5.32. The van der Waals surface area contributed by atoms with E-state index in [1.807, 2.05) is 6.92 Å². The molecule has 82 valence electrons. The Hall–Kier alpha value is -0.610. The van der Waals surface area contributed by atoms with E-state index in [0.717, 1.165) is 19.0 Å². The van der Waals surface area contributed by atoms with Crippen molar-refractivity contribution < 1.29 is 15.0 Å². The molecule has 0 spiro atoms. The van der Waals surface area contributed by atoms with Crippen molar-refractivity contribution >= 4 is 5.97 Å². The molecule has 1 saturated carbocycles. The first kappa shape index (κ1) is 11.5. The third-order valence-electron chi connectivity index (χ3n) is 2.54. The van der Waals surface area contributed by atoms with E-state index in [1.165, 1.54) is 12.8 Å². The highest BCUT2D eigenvalue weighted by atomic mass is 16.4. The van der Waals surface area contributed by atoms with Gasteiger partial charge in [0.1, 0.15) is 0 Å². The van der Waals surface area contributed by atoms with E-state index in [0.29, 0.717) is 6.54 Å². The van der Waals surface area contributed by atoms with Gasteiger partial charge >= 0.3 is 5.97 Å². The normalized spacial score (nSPS) is 18.5. The molecule has 1 aliphatic rings. The number of rotatable bonds is 7. The monoisotopic (exact) mass is 201 g/mol. The van der Waals surface area contributed by atoms with Crippen LogP contribution in [-0.2, 0) is 4.79 Å². The lowest BCUT2D eigenvalue weighted by atomic mass is 10.2. The van der Waals surface area contributed by atoms with Crippen molar-refractivity contribution in [1.82, 2.24) is 4.90 Å². The van der Waals surface area contributed by atoms with E-state index < -0.39 is 12.1 Å². The fourth-order valence-corrected chi connectivity index (χ4v) is 1.56. The molecule has 4 heteroatoms. The van der Waals surface area contributed by atoms with Crippen LogP contribution in [0.15, 0.2) is 0 Å². The van der Waals surface area contributed by atoms with Crippen molar-refractivity contribution in [2.75, 3.05) is 19.6 Å². The minimum absolute atomic E-state index is 0.152. The third kappa shape index (κ3) is 4.58. The number of carboxylic acid groups (broad SMARTS) is 1. The van der Waals surface area contributed by atoms with Gasteiger partial charge in [-0.15, -0.1) is 0 Å². The molecule has 0 bridgehead atoms. The zero-order valence-electron chi connectivity index (χ0n) is 8.65. The topological polar surface area (TPSA) is 60.8 Å². The van der Waals surface area contributed by atoms with Gasteiger partial charge in [0.15, 0.2) is 0 Å². The molecule has 14 heavy (non-hydrogen) atoms. The molecule has 1 fully saturated rings. The second-order valence-electron chi connectivity index (χ2n) is 4.05. The van der Waals surface area contributed by atoms with Gasteiger partial charge in [-0.1, -0.05) is 6.92 Å². The van der Waals surface area contributed by atoms with Gasteiger partial charge in [0.2, 0.25) is 0 Å². The molecule has 0 aromatic heterocycles. The summed E-state index contributed by atoms with van der Waals surface area (Å²) in [6.45, 7) is 4.41. The zero-order chi connectivity index (χ0) is 10.6. The lowest BCUT2D eigenvalue weighted by Gasteiger charge is -2.22. The van der Waals surface area contributed by atoms with E-state index in [2.05, 4.69) is 4.90 Å². The Labute approximate surface area is 84.5 Å². The van der Waals surface area contributed by atoms with Crippen LogP contribution in [0.5, 0.6) is 0 Å². The average Bonchev–Trinajstić information content (AvgIpc) is 2.85. The molecular weight excluding hydrogens is 182 g/mol. The molecule has 0 radical (unpaired) electrons. The Morgan fingerprint density at radius 2 is 2.21 bits per heavy atom. The molecule has 1 unspecified atom stereocenters. The number of aliphatic hydroxyl groups excluding tert-OH is 1. The minimum atomic E-state index is -0.931. The van der Waals surface area contributed by atoms with Crippen LogP contribution < -0.4 is 0 Å². The van der Waals surface area contributed by atoms with Crippen LogP contribution in [0, 0.1) is 5.92 Å². The van der Waals surface area contributed by atoms with Crippen LogP contribution in [-0.4, -0.2) is 46.8 Å². The first-order chi connectivity index (χ1) is 6.61. The maximum Gasteiger partial charge on any atom is 0.306 e. The molecule has 0 saturated heterocycles. The lowest BCUT2D eigenvalue weighted by Crippen LogP contribution is -2.34. The number of aliphatic hydroxyl groups is 1. The van der Waals surface area contributed by atoms with Gasteiger partial charge < -0.3 is 15.1 Å². The number of aliphatic carboxylic acids is 1. The Bertz CT molecular complexity index is 192. The van der Waals surface area contributed by atoms with E-state index in [9.17, 15) is 9.90 Å². The van der Waals surface area contributed by atoms with E-state index >= 15 is 0 Å². The molecule has 0 aromatic carbocycles. The van der Waals surface area contributed by atoms with Gasteiger partial charge in [-0.3, -0.25) is 4.79 Å². The number of nitrogens with zero attached hydrogens (tertiary/aromatic N) is 1. The van der Waals surface area contributed by atoms with Gasteiger partial charge in [0, 0.05) is 13.1 Å². The Morgan fingerprint density at radius 3 is 2.64 bits per heavy atom. The van der Waals surface area contributed by atoms with E-state index in [4.69, 9.17) is 5.11 Å². The summed E-state index contributed by atoms with van der Waals surface area (Å²) in [5, 5.41) is 17.9. The Balaban J connectivity index is 2.19. The number of hydrogen-bond donors (Lipinski definition) is 2. The molecule has 2 N–H and O–H groups in total. The molecule has 0 amide bonds. The maximum absolute atomic E-state index is 10.3. The highest BCUT2D eigenvalue weighted by molar-refractivity contribution is 5.67. The van der Waals surface area contributed by atoms with Crippen LogP contribution in [0.3, 0.4) is 0 Å². The van der Waals surface area contributed by atoms with Crippen LogP contribution in [0.4, 0.5) is 0 Å². The van der Waals surface area contributed by atoms with Gasteiger partial charge in [-0.2, -0.15) is 0 Å². The zero-order valence-corrected chi connectivity index (χ0v) is 8.65. The Morgan fingerprint density at radius 1 is 1.57 bits per heavy atom. The fourth-order valence-electron chi connectivity index (χ4n) is 1.56. The summed E-state index contributed by atoms with van der Waals surface area (Å²) in [6, 6.07) is 0. The smallest absolute Gasteiger partial charge is 0.306 e. The van der Waals surface area contributed by atoms with Crippen molar-refractivity contribution in [3.63, 3.8) is 0 Å². The first-order valence-electron chi connectivity index (χ1n) is 5.24. The van der Waals surface area contributed by atoms with E-state index in [1.54, 1.807) is 0 Å². The molecule has 1 atom stereocenters. The van der Waals surface area contributed by atoms with Crippen LogP contribution in [0.1, 0.15) is 26.2 Å². The van der Waals surface area contributed by atoms with Crippen LogP contribution in [0.2, 0.25) is 0 Å². The molecule has 1 rings (SSSR count). The number of likely N-dealkylation sites (N-methyl/N-ethyl adjacent to an activating group) is 1. The summed E-state index contributed by atoms with van der Waals surface area (Å²) in [4.78, 5) is 12.5. The average molecular weight is 201 g/mol. The SMILES string of the molecule is CCN(CC(O)CC(=O)O)CC1CC1. The quantitative estimate of drug-likeness (QED) is 0.631. The molecular formula is C10H19NO3.